The van der Waals surface area contributed by atoms with Crippen LogP contribution in [-0.2, 0) is 40.5 Å². The lowest BCUT2D eigenvalue weighted by molar-refractivity contribution is -0.0205. The molecule has 1 aliphatic heterocycles. The lowest BCUT2D eigenvalue weighted by Gasteiger charge is -2.19. The van der Waals surface area contributed by atoms with Crippen LogP contribution < -0.4 is 5.73 Å². The summed E-state index contributed by atoms with van der Waals surface area (Å²) in [5.74, 6) is 0.157. The molecule has 0 aliphatic carbocycles. The summed E-state index contributed by atoms with van der Waals surface area (Å²) in [6, 6.07) is 0. The van der Waals surface area contributed by atoms with Gasteiger partial charge in [-0.15, -0.1) is 0 Å². The molecule has 33 heavy (non-hydrogen) atoms. The molecule has 186 valence electrons. The predicted molar refractivity (Wildman–Crippen MR) is 104 cm³/mol. The third-order valence-electron chi connectivity index (χ3n) is 3.83. The van der Waals surface area contributed by atoms with Crippen LogP contribution in [0.3, 0.4) is 0 Å². The number of fused-ring (bicyclic) bond motifs is 1. The Morgan fingerprint density at radius 1 is 0.970 bits per heavy atom. The molecule has 1 aliphatic rings. The smallest absolute Gasteiger partial charge is 0.382 e. The fraction of sp³-hybridized carbons (Fsp3) is 0.500. The molecule has 3 unspecified atom stereocenters. The molecule has 2 aromatic rings. The summed E-state index contributed by atoms with van der Waals surface area (Å²) in [5, 5.41) is 0. The second kappa shape index (κ2) is 9.49. The Kier molecular flexibility index (Phi) is 7.61. The van der Waals surface area contributed by atoms with Gasteiger partial charge in [0.05, 0.1) is 19.0 Å². The Morgan fingerprint density at radius 3 is 2.27 bits per heavy atom. The summed E-state index contributed by atoms with van der Waals surface area (Å²) in [4.78, 5) is 56.8. The maximum atomic E-state index is 11.9. The lowest BCUT2D eigenvalue weighted by atomic mass is 10.2. The molecule has 0 bridgehead atoms. The van der Waals surface area contributed by atoms with Gasteiger partial charge >= 0.3 is 31.3 Å². The second-order valence-corrected chi connectivity index (χ2v) is 12.3. The van der Waals surface area contributed by atoms with Gasteiger partial charge in [-0.25, -0.2) is 33.2 Å². The minimum Gasteiger partial charge on any atom is -0.382 e. The number of anilines is 1. The van der Waals surface area contributed by atoms with Crippen molar-refractivity contribution in [2.24, 2.45) is 0 Å². The van der Waals surface area contributed by atoms with Crippen molar-refractivity contribution in [3.63, 3.8) is 0 Å². The van der Waals surface area contributed by atoms with Gasteiger partial charge in [0.1, 0.15) is 18.1 Å². The summed E-state index contributed by atoms with van der Waals surface area (Å²) >= 11 is 0. The van der Waals surface area contributed by atoms with Crippen LogP contribution >= 0.6 is 31.3 Å². The van der Waals surface area contributed by atoms with Crippen LogP contribution in [0.1, 0.15) is 19.1 Å². The van der Waals surface area contributed by atoms with E-state index in [-0.39, 0.29) is 5.82 Å². The number of imidazole rings is 1. The maximum absolute atomic E-state index is 11.9. The first-order chi connectivity index (χ1) is 15.1. The molecule has 1 fully saturated rings. The van der Waals surface area contributed by atoms with Gasteiger partial charge in [-0.3, -0.25) is 9.09 Å². The molecule has 1 saturated heterocycles. The lowest BCUT2D eigenvalue weighted by Crippen LogP contribution is -2.16. The van der Waals surface area contributed by atoms with Gasteiger partial charge in [-0.2, -0.15) is 12.9 Å². The predicted octanol–water partition coefficient (Wildman–Crippen LogP) is 0.546. The van der Waals surface area contributed by atoms with E-state index in [1.165, 1.54) is 12.7 Å². The number of rotatable bonds is 10. The van der Waals surface area contributed by atoms with Crippen molar-refractivity contribution in [3.05, 3.63) is 12.7 Å². The van der Waals surface area contributed by atoms with Crippen molar-refractivity contribution in [3.8, 4) is 0 Å². The Labute approximate surface area is 183 Å². The molecule has 0 amide bonds. The highest BCUT2D eigenvalue weighted by Gasteiger charge is 2.45. The minimum atomic E-state index is -5.87. The molecule has 2 aromatic heterocycles. The molecule has 19 nitrogen and oxygen atoms in total. The Morgan fingerprint density at radius 2 is 1.61 bits per heavy atom. The number of nitrogen functional groups attached to an aromatic ring is 1. The van der Waals surface area contributed by atoms with Crippen molar-refractivity contribution in [1.82, 2.24) is 19.5 Å². The van der Waals surface area contributed by atoms with Crippen molar-refractivity contribution in [2.75, 3.05) is 12.3 Å². The minimum absolute atomic E-state index is 0.157. The van der Waals surface area contributed by atoms with E-state index < -0.39 is 50.2 Å². The average molecular weight is 555 g/mol. The number of hydrogen-bond donors (Lipinski definition) is 6. The van der Waals surface area contributed by atoms with Crippen molar-refractivity contribution in [1.29, 1.82) is 0 Å². The normalized spacial score (nSPS) is 24.9. The van der Waals surface area contributed by atoms with Crippen LogP contribution in [0, 0.1) is 0 Å². The van der Waals surface area contributed by atoms with E-state index >= 15 is 0 Å². The number of hydrogen-bond acceptors (Lipinski definition) is 13. The highest BCUT2D eigenvalue weighted by molar-refractivity contribution is 7.69. The van der Waals surface area contributed by atoms with E-state index in [0.717, 1.165) is 0 Å². The van der Waals surface area contributed by atoms with Crippen LogP contribution in [0.5, 0.6) is 0 Å². The maximum Gasteiger partial charge on any atom is 0.490 e. The van der Waals surface area contributed by atoms with Gasteiger partial charge in [0.25, 0.3) is 0 Å². The topological polar surface area (TPSA) is 285 Å². The zero-order valence-corrected chi connectivity index (χ0v) is 19.6. The Hall–Kier alpha value is -1.13. The SMILES string of the molecule is Nc1ncnc2c1ncn2[C@H]1CC[C@@H](COP(=O)(O)OP(=O)(O)OP(=O)(O)OP(=O)(O)O)O1. The first-order valence-corrected chi connectivity index (χ1v) is 14.5. The van der Waals surface area contributed by atoms with Crippen LogP contribution in [0.2, 0.25) is 0 Å². The molecule has 5 atom stereocenters. The summed E-state index contributed by atoms with van der Waals surface area (Å²) in [6.45, 7) is -0.621. The van der Waals surface area contributed by atoms with Crippen molar-refractivity contribution < 1.29 is 64.9 Å². The van der Waals surface area contributed by atoms with E-state index in [4.69, 9.17) is 25.2 Å². The molecule has 0 saturated carbocycles. The Balaban J connectivity index is 1.56. The van der Waals surface area contributed by atoms with Crippen LogP contribution in [-0.4, -0.2) is 56.7 Å². The van der Waals surface area contributed by atoms with E-state index in [1.807, 2.05) is 0 Å². The first kappa shape index (κ1) is 26.5. The molecule has 3 heterocycles. The van der Waals surface area contributed by atoms with E-state index in [9.17, 15) is 28.0 Å². The van der Waals surface area contributed by atoms with Gasteiger partial charge in [-0.1, -0.05) is 0 Å². The molecule has 0 radical (unpaired) electrons. The molecule has 7 N–H and O–H groups in total. The fourth-order valence-corrected chi connectivity index (χ4v) is 7.20. The monoisotopic (exact) mass is 555 g/mol. The van der Waals surface area contributed by atoms with Crippen LogP contribution in [0.25, 0.3) is 11.2 Å². The van der Waals surface area contributed by atoms with E-state index in [1.54, 1.807) is 4.57 Å². The van der Waals surface area contributed by atoms with Gasteiger partial charge in [0, 0.05) is 0 Å². The summed E-state index contributed by atoms with van der Waals surface area (Å²) in [5.41, 5.74) is 6.44. The zero-order chi connectivity index (χ0) is 24.7. The number of nitrogens with two attached hydrogens (primary N) is 1. The molecular weight excluding hydrogens is 538 g/mol. The standard InChI is InChI=1S/C10H17N5O14P4/c11-9-8-10(13-4-12-9)15(5-14-8)7-2-1-6(26-7)3-25-31(19,20)28-33(23,24)29-32(21,22)27-30(16,17)18/h4-7H,1-3H2,(H,19,20)(H,21,22)(H,23,24)(H2,11,12,13)(H2,16,17,18)/t6-,7+/m0/s1. The van der Waals surface area contributed by atoms with Crippen LogP contribution in [0.15, 0.2) is 12.7 Å². The number of ether oxygens (including phenoxy) is 1. The molecule has 23 heteroatoms. The Bertz CT molecular complexity index is 1210. The number of phosphoric acid groups is 4. The number of aromatic nitrogens is 4. The van der Waals surface area contributed by atoms with Gasteiger partial charge in [0.2, 0.25) is 0 Å². The van der Waals surface area contributed by atoms with E-state index in [0.29, 0.717) is 24.0 Å². The number of phosphoric ester groups is 1. The van der Waals surface area contributed by atoms with Crippen LogP contribution in [0.4, 0.5) is 5.82 Å². The van der Waals surface area contributed by atoms with Crippen molar-refractivity contribution >= 4 is 48.3 Å². The third-order valence-corrected chi connectivity index (χ3v) is 9.28. The third kappa shape index (κ3) is 7.42. The highest BCUT2D eigenvalue weighted by atomic mass is 31.3. The van der Waals surface area contributed by atoms with Gasteiger partial charge in [0.15, 0.2) is 11.5 Å². The van der Waals surface area contributed by atoms with Gasteiger partial charge < -0.3 is 34.9 Å². The second-order valence-electron chi connectivity index (χ2n) is 6.31. The largest absolute Gasteiger partial charge is 0.490 e. The van der Waals surface area contributed by atoms with Crippen molar-refractivity contribution in [2.45, 2.75) is 25.2 Å². The zero-order valence-electron chi connectivity index (χ0n) is 16.0. The quantitative estimate of drug-likeness (QED) is 0.218. The van der Waals surface area contributed by atoms with E-state index in [2.05, 4.69) is 32.4 Å². The van der Waals surface area contributed by atoms with Gasteiger partial charge in [-0.05, 0) is 12.8 Å². The summed E-state index contributed by atoms with van der Waals surface area (Å²) in [7, 11) is -22.7. The average Bonchev–Trinajstić information content (AvgIpc) is 3.22. The molecule has 0 aromatic carbocycles. The molecule has 0 spiro atoms. The summed E-state index contributed by atoms with van der Waals surface area (Å²) < 4.78 is 67.8. The first-order valence-electron chi connectivity index (χ1n) is 8.47. The number of nitrogens with zero attached hydrogens (tertiary/aromatic N) is 4. The summed E-state index contributed by atoms with van der Waals surface area (Å²) in [6.07, 6.45) is 1.95. The fourth-order valence-electron chi connectivity index (χ4n) is 2.72. The molecule has 3 rings (SSSR count). The molecular formula is C10H17N5O14P4. The highest BCUT2D eigenvalue weighted by Crippen LogP contribution is 2.70.